The van der Waals surface area contributed by atoms with Crippen LogP contribution in [0, 0.1) is 0 Å². The van der Waals surface area contributed by atoms with E-state index in [1.165, 1.54) is 4.88 Å². The standard InChI is InChI=1S/C10H18N2OS/c1-5-13-8(3)10-12-6-9(14-10)7(2)11-4/h6-8,11H,5H2,1-4H3. The SMILES string of the molecule is CCOC(C)c1ncc(C(C)NC)s1. The van der Waals surface area contributed by atoms with Gasteiger partial charge in [-0.15, -0.1) is 11.3 Å². The van der Waals surface area contributed by atoms with Crippen molar-refractivity contribution >= 4 is 11.3 Å². The molecule has 4 heteroatoms. The Balaban J connectivity index is 2.67. The van der Waals surface area contributed by atoms with Crippen molar-refractivity contribution in [2.75, 3.05) is 13.7 Å². The molecular weight excluding hydrogens is 196 g/mol. The highest BCUT2D eigenvalue weighted by Crippen LogP contribution is 2.26. The lowest BCUT2D eigenvalue weighted by molar-refractivity contribution is 0.0762. The lowest BCUT2D eigenvalue weighted by Crippen LogP contribution is -2.10. The second-order valence-electron chi connectivity index (χ2n) is 3.21. The zero-order valence-corrected chi connectivity index (χ0v) is 10.0. The summed E-state index contributed by atoms with van der Waals surface area (Å²) in [5, 5.41) is 4.25. The van der Waals surface area contributed by atoms with Crippen LogP contribution in [0.25, 0.3) is 0 Å². The number of aromatic nitrogens is 1. The van der Waals surface area contributed by atoms with Crippen molar-refractivity contribution < 1.29 is 4.74 Å². The molecule has 1 aromatic rings. The lowest BCUT2D eigenvalue weighted by atomic mass is 10.3. The molecule has 0 aliphatic heterocycles. The molecule has 0 radical (unpaired) electrons. The molecule has 2 atom stereocenters. The highest BCUT2D eigenvalue weighted by molar-refractivity contribution is 7.11. The van der Waals surface area contributed by atoms with Gasteiger partial charge in [0.2, 0.25) is 0 Å². The van der Waals surface area contributed by atoms with E-state index in [1.807, 2.05) is 27.1 Å². The molecule has 1 N–H and O–H groups in total. The fourth-order valence-corrected chi connectivity index (χ4v) is 2.13. The van der Waals surface area contributed by atoms with Crippen LogP contribution in [-0.2, 0) is 4.74 Å². The molecule has 0 aliphatic rings. The summed E-state index contributed by atoms with van der Waals surface area (Å²) in [5.41, 5.74) is 0. The molecule has 0 saturated carbocycles. The van der Waals surface area contributed by atoms with Gasteiger partial charge in [-0.3, -0.25) is 0 Å². The Kier molecular flexibility index (Phi) is 4.51. The van der Waals surface area contributed by atoms with E-state index in [2.05, 4.69) is 17.2 Å². The van der Waals surface area contributed by atoms with Gasteiger partial charge in [-0.05, 0) is 27.8 Å². The minimum atomic E-state index is 0.114. The second-order valence-corrected chi connectivity index (χ2v) is 4.30. The van der Waals surface area contributed by atoms with Gasteiger partial charge in [0.1, 0.15) is 11.1 Å². The van der Waals surface area contributed by atoms with Crippen LogP contribution in [0.15, 0.2) is 6.20 Å². The third-order valence-electron chi connectivity index (χ3n) is 2.17. The smallest absolute Gasteiger partial charge is 0.121 e. The van der Waals surface area contributed by atoms with Gasteiger partial charge in [-0.25, -0.2) is 4.98 Å². The van der Waals surface area contributed by atoms with Crippen molar-refractivity contribution in [1.29, 1.82) is 0 Å². The molecule has 80 valence electrons. The number of thiazole rings is 1. The van der Waals surface area contributed by atoms with Crippen LogP contribution < -0.4 is 5.32 Å². The first-order valence-electron chi connectivity index (χ1n) is 4.93. The van der Waals surface area contributed by atoms with Crippen molar-refractivity contribution in [2.24, 2.45) is 0 Å². The molecule has 0 spiro atoms. The van der Waals surface area contributed by atoms with Gasteiger partial charge >= 0.3 is 0 Å². The molecule has 0 fully saturated rings. The molecule has 0 amide bonds. The Morgan fingerprint density at radius 1 is 1.57 bits per heavy atom. The van der Waals surface area contributed by atoms with E-state index < -0.39 is 0 Å². The molecule has 1 rings (SSSR count). The summed E-state index contributed by atoms with van der Waals surface area (Å²) < 4.78 is 5.48. The number of nitrogens with one attached hydrogen (secondary N) is 1. The maximum Gasteiger partial charge on any atom is 0.121 e. The van der Waals surface area contributed by atoms with Gasteiger partial charge < -0.3 is 10.1 Å². The van der Waals surface area contributed by atoms with Gasteiger partial charge in [-0.2, -0.15) is 0 Å². The Bertz CT molecular complexity index is 275. The Morgan fingerprint density at radius 3 is 2.86 bits per heavy atom. The molecule has 0 aromatic carbocycles. The van der Waals surface area contributed by atoms with E-state index >= 15 is 0 Å². The van der Waals surface area contributed by atoms with Gasteiger partial charge in [0.25, 0.3) is 0 Å². The van der Waals surface area contributed by atoms with E-state index in [0.717, 1.165) is 11.6 Å². The van der Waals surface area contributed by atoms with Gasteiger partial charge in [-0.1, -0.05) is 0 Å². The number of hydrogen-bond acceptors (Lipinski definition) is 4. The predicted molar refractivity (Wildman–Crippen MR) is 59.6 cm³/mol. The van der Waals surface area contributed by atoms with Crippen molar-refractivity contribution in [3.05, 3.63) is 16.1 Å². The van der Waals surface area contributed by atoms with Crippen molar-refractivity contribution in [3.8, 4) is 0 Å². The second kappa shape index (κ2) is 5.44. The van der Waals surface area contributed by atoms with Gasteiger partial charge in [0.05, 0.1) is 0 Å². The third kappa shape index (κ3) is 2.77. The molecule has 0 bridgehead atoms. The van der Waals surface area contributed by atoms with Crippen molar-refractivity contribution in [3.63, 3.8) is 0 Å². The fraction of sp³-hybridized carbons (Fsp3) is 0.700. The fourth-order valence-electron chi connectivity index (χ4n) is 1.15. The van der Waals surface area contributed by atoms with E-state index in [9.17, 15) is 0 Å². The highest BCUT2D eigenvalue weighted by Gasteiger charge is 2.12. The minimum Gasteiger partial charge on any atom is -0.372 e. The zero-order valence-electron chi connectivity index (χ0n) is 9.20. The van der Waals surface area contributed by atoms with Crippen LogP contribution >= 0.6 is 11.3 Å². The summed E-state index contributed by atoms with van der Waals surface area (Å²) in [6.07, 6.45) is 2.04. The Morgan fingerprint density at radius 2 is 2.29 bits per heavy atom. The quantitative estimate of drug-likeness (QED) is 0.818. The van der Waals surface area contributed by atoms with Crippen LogP contribution in [0.3, 0.4) is 0 Å². The van der Waals surface area contributed by atoms with Crippen LogP contribution in [-0.4, -0.2) is 18.6 Å². The maximum atomic E-state index is 5.48. The first kappa shape index (κ1) is 11.6. The summed E-state index contributed by atoms with van der Waals surface area (Å²) in [6.45, 7) is 6.90. The molecule has 0 aliphatic carbocycles. The number of hydrogen-bond donors (Lipinski definition) is 1. The predicted octanol–water partition coefficient (Wildman–Crippen LogP) is 2.52. The number of nitrogens with zero attached hydrogens (tertiary/aromatic N) is 1. The monoisotopic (exact) mass is 214 g/mol. The van der Waals surface area contributed by atoms with E-state index in [4.69, 9.17) is 4.74 Å². The molecular formula is C10H18N2OS. The average molecular weight is 214 g/mol. The largest absolute Gasteiger partial charge is 0.372 e. The summed E-state index contributed by atoms with van der Waals surface area (Å²) in [4.78, 5) is 5.62. The van der Waals surface area contributed by atoms with Crippen LogP contribution in [0.2, 0.25) is 0 Å². The normalized spacial score (nSPS) is 15.4. The number of ether oxygens (including phenoxy) is 1. The summed E-state index contributed by atoms with van der Waals surface area (Å²) in [6, 6.07) is 0.370. The molecule has 1 heterocycles. The van der Waals surface area contributed by atoms with Crippen molar-refractivity contribution in [2.45, 2.75) is 32.9 Å². The van der Waals surface area contributed by atoms with Crippen LogP contribution in [0.5, 0.6) is 0 Å². The topological polar surface area (TPSA) is 34.1 Å². The highest BCUT2D eigenvalue weighted by atomic mass is 32.1. The van der Waals surface area contributed by atoms with Crippen LogP contribution in [0.1, 0.15) is 42.8 Å². The lowest BCUT2D eigenvalue weighted by Gasteiger charge is -2.08. The zero-order chi connectivity index (χ0) is 10.6. The summed E-state index contributed by atoms with van der Waals surface area (Å²) in [7, 11) is 1.95. The van der Waals surface area contributed by atoms with E-state index in [0.29, 0.717) is 6.04 Å². The first-order valence-corrected chi connectivity index (χ1v) is 5.75. The Labute approximate surface area is 89.5 Å². The third-order valence-corrected chi connectivity index (χ3v) is 3.51. The molecule has 1 aromatic heterocycles. The first-order chi connectivity index (χ1) is 6.69. The molecule has 2 unspecified atom stereocenters. The maximum absolute atomic E-state index is 5.48. The van der Waals surface area contributed by atoms with E-state index in [1.54, 1.807) is 11.3 Å². The van der Waals surface area contributed by atoms with E-state index in [-0.39, 0.29) is 6.10 Å². The van der Waals surface area contributed by atoms with Crippen molar-refractivity contribution in [1.82, 2.24) is 10.3 Å². The van der Waals surface area contributed by atoms with Gasteiger partial charge in [0.15, 0.2) is 0 Å². The number of rotatable bonds is 5. The van der Waals surface area contributed by atoms with Crippen LogP contribution in [0.4, 0.5) is 0 Å². The average Bonchev–Trinajstić information content (AvgIpc) is 2.66. The van der Waals surface area contributed by atoms with Gasteiger partial charge in [0, 0.05) is 23.7 Å². The minimum absolute atomic E-state index is 0.114. The summed E-state index contributed by atoms with van der Waals surface area (Å²) in [5.74, 6) is 0. The molecule has 3 nitrogen and oxygen atoms in total. The Hall–Kier alpha value is -0.450. The molecule has 14 heavy (non-hydrogen) atoms. The molecule has 0 saturated heterocycles. The summed E-state index contributed by atoms with van der Waals surface area (Å²) >= 11 is 1.72.